The van der Waals surface area contributed by atoms with Crippen LogP contribution >= 0.6 is 11.3 Å². The Morgan fingerprint density at radius 2 is 2.17 bits per heavy atom. The summed E-state index contributed by atoms with van der Waals surface area (Å²) in [6.07, 6.45) is 0. The number of methoxy groups -OCH3 is 1. The van der Waals surface area contributed by atoms with Gasteiger partial charge in [-0.3, -0.25) is 0 Å². The monoisotopic (exact) mass is 288 g/mol. The fraction of sp³-hybridized carbons (Fsp3) is 0.300. The molecule has 0 bridgehead atoms. The van der Waals surface area contributed by atoms with Gasteiger partial charge in [0, 0.05) is 5.56 Å². The van der Waals surface area contributed by atoms with Crippen LogP contribution < -0.4 is 9.46 Å². The van der Waals surface area contributed by atoms with Gasteiger partial charge in [-0.25, -0.2) is 13.1 Å². The first-order valence-electron chi connectivity index (χ1n) is 5.03. The average molecular weight is 288 g/mol. The zero-order valence-corrected chi connectivity index (χ0v) is 11.7. The number of hydrogen-bond acceptors (Lipinski definition) is 6. The number of aryl methyl sites for hydroxylation is 1. The van der Waals surface area contributed by atoms with E-state index in [0.717, 1.165) is 11.3 Å². The Morgan fingerprint density at radius 3 is 2.72 bits per heavy atom. The second kappa shape index (κ2) is 4.62. The number of sulfonamides is 1. The Balaban J connectivity index is 2.36. The van der Waals surface area contributed by atoms with Crippen molar-refractivity contribution >= 4 is 27.2 Å². The lowest BCUT2D eigenvalue weighted by Gasteiger charge is -2.05. The van der Waals surface area contributed by atoms with Crippen LogP contribution in [0.3, 0.4) is 0 Å². The number of ether oxygens (including phenoxy) is 1. The largest absolute Gasteiger partial charge is 0.494 e. The van der Waals surface area contributed by atoms with Crippen molar-refractivity contribution in [2.75, 3.05) is 11.8 Å². The van der Waals surface area contributed by atoms with E-state index >= 15 is 0 Å². The average Bonchev–Trinajstić information content (AvgIpc) is 2.91. The third-order valence-electron chi connectivity index (χ3n) is 2.44. The Kier molecular flexibility index (Phi) is 3.31. The Labute approximate surface area is 109 Å². The smallest absolute Gasteiger partial charge is 0.277 e. The van der Waals surface area contributed by atoms with Gasteiger partial charge in [0.25, 0.3) is 10.0 Å². The minimum absolute atomic E-state index is 0.110. The number of thiophene rings is 1. The highest BCUT2D eigenvalue weighted by molar-refractivity contribution is 7.94. The molecule has 8 heteroatoms. The molecule has 0 fully saturated rings. The standard InChI is InChI=1S/C10H12N2O4S2/c1-6-7(2)11-16-9(6)12-18(13,14)10-8(15-3)4-5-17-10/h4-5,12H,1-3H3. The lowest BCUT2D eigenvalue weighted by atomic mass is 10.3. The molecule has 0 amide bonds. The van der Waals surface area contributed by atoms with Crippen LogP contribution in [0.25, 0.3) is 0 Å². The molecule has 0 aromatic carbocycles. The molecule has 0 spiro atoms. The molecule has 0 radical (unpaired) electrons. The van der Waals surface area contributed by atoms with Crippen molar-refractivity contribution in [3.63, 3.8) is 0 Å². The highest BCUT2D eigenvalue weighted by Crippen LogP contribution is 2.31. The van der Waals surface area contributed by atoms with Crippen LogP contribution in [0.2, 0.25) is 0 Å². The maximum atomic E-state index is 12.1. The summed E-state index contributed by atoms with van der Waals surface area (Å²) in [5.41, 5.74) is 1.31. The summed E-state index contributed by atoms with van der Waals surface area (Å²) in [4.78, 5) is 0. The first-order valence-corrected chi connectivity index (χ1v) is 7.39. The number of hydrogen-bond donors (Lipinski definition) is 1. The molecule has 2 rings (SSSR count). The van der Waals surface area contributed by atoms with Crippen molar-refractivity contribution in [1.29, 1.82) is 0 Å². The Hall–Kier alpha value is -1.54. The van der Waals surface area contributed by atoms with Crippen LogP contribution in [0.15, 0.2) is 20.2 Å². The fourth-order valence-electron chi connectivity index (χ4n) is 1.31. The highest BCUT2D eigenvalue weighted by Gasteiger charge is 2.24. The molecule has 0 saturated carbocycles. The van der Waals surface area contributed by atoms with Gasteiger partial charge in [0.1, 0.15) is 5.75 Å². The quantitative estimate of drug-likeness (QED) is 0.932. The first-order chi connectivity index (χ1) is 8.45. The lowest BCUT2D eigenvalue weighted by Crippen LogP contribution is -2.12. The summed E-state index contributed by atoms with van der Waals surface area (Å²) in [5.74, 6) is 0.435. The van der Waals surface area contributed by atoms with E-state index in [4.69, 9.17) is 9.26 Å². The third-order valence-corrected chi connectivity index (χ3v) is 5.22. The Bertz CT molecular complexity index is 657. The van der Waals surface area contributed by atoms with E-state index in [1.165, 1.54) is 7.11 Å². The number of rotatable bonds is 4. The van der Waals surface area contributed by atoms with Gasteiger partial charge in [-0.2, -0.15) is 0 Å². The van der Waals surface area contributed by atoms with E-state index in [1.54, 1.807) is 25.3 Å². The van der Waals surface area contributed by atoms with Crippen LogP contribution in [0.4, 0.5) is 5.88 Å². The second-order valence-corrected chi connectivity index (χ2v) is 6.40. The van der Waals surface area contributed by atoms with Gasteiger partial charge in [-0.05, 0) is 25.3 Å². The van der Waals surface area contributed by atoms with Crippen LogP contribution in [-0.4, -0.2) is 20.7 Å². The molecule has 2 heterocycles. The van der Waals surface area contributed by atoms with Crippen molar-refractivity contribution in [1.82, 2.24) is 5.16 Å². The third kappa shape index (κ3) is 2.21. The summed E-state index contributed by atoms with van der Waals surface area (Å²) >= 11 is 1.08. The van der Waals surface area contributed by atoms with E-state index in [-0.39, 0.29) is 10.1 Å². The molecule has 0 aliphatic carbocycles. The molecule has 0 aliphatic heterocycles. The number of aromatic nitrogens is 1. The molecular formula is C10H12N2O4S2. The molecule has 0 aliphatic rings. The van der Waals surface area contributed by atoms with Crippen molar-refractivity contribution in [3.8, 4) is 5.75 Å². The normalized spacial score (nSPS) is 11.5. The summed E-state index contributed by atoms with van der Waals surface area (Å²) < 4.78 is 36.7. The summed E-state index contributed by atoms with van der Waals surface area (Å²) in [7, 11) is -2.29. The Morgan fingerprint density at radius 1 is 1.44 bits per heavy atom. The van der Waals surface area contributed by atoms with Gasteiger partial charge in [-0.15, -0.1) is 11.3 Å². The molecule has 0 atom stereocenters. The summed E-state index contributed by atoms with van der Waals surface area (Å²) in [6, 6.07) is 1.59. The molecule has 0 saturated heterocycles. The predicted molar refractivity (Wildman–Crippen MR) is 67.7 cm³/mol. The SMILES string of the molecule is COc1ccsc1S(=O)(=O)Nc1onc(C)c1C. The van der Waals surface area contributed by atoms with Gasteiger partial charge in [-0.1, -0.05) is 5.16 Å². The minimum atomic E-state index is -3.71. The van der Waals surface area contributed by atoms with Crippen LogP contribution in [-0.2, 0) is 10.0 Å². The van der Waals surface area contributed by atoms with Crippen molar-refractivity contribution < 1.29 is 17.7 Å². The molecule has 2 aromatic rings. The van der Waals surface area contributed by atoms with E-state index in [0.29, 0.717) is 17.0 Å². The minimum Gasteiger partial charge on any atom is -0.494 e. The van der Waals surface area contributed by atoms with Crippen molar-refractivity contribution in [2.24, 2.45) is 0 Å². The van der Waals surface area contributed by atoms with Crippen LogP contribution in [0, 0.1) is 13.8 Å². The fourth-order valence-corrected chi connectivity index (χ4v) is 3.63. The van der Waals surface area contributed by atoms with Gasteiger partial charge >= 0.3 is 0 Å². The predicted octanol–water partition coefficient (Wildman–Crippen LogP) is 2.16. The molecule has 98 valence electrons. The zero-order chi connectivity index (χ0) is 13.3. The topological polar surface area (TPSA) is 81.4 Å². The molecule has 2 aromatic heterocycles. The summed E-state index contributed by atoms with van der Waals surface area (Å²) in [5, 5.41) is 5.34. The molecule has 18 heavy (non-hydrogen) atoms. The second-order valence-electron chi connectivity index (χ2n) is 3.60. The van der Waals surface area contributed by atoms with E-state index < -0.39 is 10.0 Å². The molecule has 0 unspecified atom stereocenters. The molecular weight excluding hydrogens is 276 g/mol. The number of anilines is 1. The van der Waals surface area contributed by atoms with Gasteiger partial charge in [0.15, 0.2) is 4.21 Å². The van der Waals surface area contributed by atoms with E-state index in [1.807, 2.05) is 0 Å². The molecule has 1 N–H and O–H groups in total. The summed E-state index contributed by atoms with van der Waals surface area (Å²) in [6.45, 7) is 3.47. The van der Waals surface area contributed by atoms with Gasteiger partial charge in [0.2, 0.25) is 5.88 Å². The van der Waals surface area contributed by atoms with Gasteiger partial charge in [0.05, 0.1) is 12.8 Å². The zero-order valence-electron chi connectivity index (χ0n) is 10.1. The maximum absolute atomic E-state index is 12.1. The van der Waals surface area contributed by atoms with Crippen molar-refractivity contribution in [3.05, 3.63) is 22.7 Å². The maximum Gasteiger partial charge on any atom is 0.277 e. The van der Waals surface area contributed by atoms with Crippen LogP contribution in [0.1, 0.15) is 11.3 Å². The number of nitrogens with zero attached hydrogens (tertiary/aromatic N) is 1. The van der Waals surface area contributed by atoms with E-state index in [9.17, 15) is 8.42 Å². The highest BCUT2D eigenvalue weighted by atomic mass is 32.2. The van der Waals surface area contributed by atoms with Crippen LogP contribution in [0.5, 0.6) is 5.75 Å². The van der Waals surface area contributed by atoms with Gasteiger partial charge < -0.3 is 9.26 Å². The van der Waals surface area contributed by atoms with E-state index in [2.05, 4.69) is 9.88 Å². The first kappa shape index (κ1) is 12.9. The molecule has 6 nitrogen and oxygen atoms in total. The lowest BCUT2D eigenvalue weighted by molar-refractivity contribution is 0.406. The number of nitrogens with one attached hydrogen (secondary N) is 1. The van der Waals surface area contributed by atoms with Crippen molar-refractivity contribution in [2.45, 2.75) is 18.1 Å².